The van der Waals surface area contributed by atoms with Crippen LogP contribution in [0.2, 0.25) is 0 Å². The highest BCUT2D eigenvalue weighted by molar-refractivity contribution is 5.82. The molecule has 1 atom stereocenters. The van der Waals surface area contributed by atoms with Gasteiger partial charge in [-0.2, -0.15) is 0 Å². The number of nitrogens with one attached hydrogen (secondary N) is 1. The third kappa shape index (κ3) is 3.56. The Hall–Kier alpha value is -0.900. The van der Waals surface area contributed by atoms with Crippen molar-refractivity contribution >= 4 is 12.2 Å². The maximum absolute atomic E-state index is 12.3. The molecule has 19 heavy (non-hydrogen) atoms. The van der Waals surface area contributed by atoms with Crippen molar-refractivity contribution in [1.29, 1.82) is 0 Å². The van der Waals surface area contributed by atoms with Crippen molar-refractivity contribution in [2.75, 3.05) is 14.1 Å². The van der Waals surface area contributed by atoms with Crippen molar-refractivity contribution in [3.8, 4) is 0 Å². The zero-order valence-corrected chi connectivity index (χ0v) is 13.8. The van der Waals surface area contributed by atoms with Crippen molar-refractivity contribution in [2.45, 2.75) is 60.0 Å². The molecule has 0 aromatic rings. The number of rotatable bonds is 6. The number of nitrogens with zero attached hydrogens (tertiary/aromatic N) is 1. The molecule has 1 unspecified atom stereocenters. The van der Waals surface area contributed by atoms with Gasteiger partial charge in [0.15, 0.2) is 0 Å². The van der Waals surface area contributed by atoms with Crippen LogP contribution in [0.5, 0.6) is 0 Å². The van der Waals surface area contributed by atoms with Gasteiger partial charge in [-0.05, 0) is 40.3 Å². The minimum atomic E-state index is -0.856. The second-order valence-corrected chi connectivity index (χ2v) is 7.11. The van der Waals surface area contributed by atoms with E-state index >= 15 is 0 Å². The van der Waals surface area contributed by atoms with Crippen molar-refractivity contribution in [2.24, 2.45) is 10.8 Å². The first-order chi connectivity index (χ1) is 8.68. The van der Waals surface area contributed by atoms with Crippen LogP contribution in [-0.2, 0) is 9.59 Å². The fourth-order valence-corrected chi connectivity index (χ4v) is 1.71. The summed E-state index contributed by atoms with van der Waals surface area (Å²) in [5, 5.41) is 3.02. The normalized spacial score (nSPS) is 16.0. The molecule has 0 spiro atoms. The lowest BCUT2D eigenvalue weighted by Gasteiger charge is -2.50. The van der Waals surface area contributed by atoms with Crippen LogP contribution in [0, 0.1) is 10.8 Å². The van der Waals surface area contributed by atoms with Gasteiger partial charge in [-0.3, -0.25) is 9.69 Å². The molecule has 0 bridgehead atoms. The lowest BCUT2D eigenvalue weighted by atomic mass is 9.59. The maximum atomic E-state index is 12.3. The number of likely N-dealkylation sites (N-methyl/N-ethyl adjacent to an activating group) is 1. The van der Waals surface area contributed by atoms with Crippen LogP contribution in [0.25, 0.3) is 0 Å². The average molecular weight is 271 g/mol. The molecule has 0 aromatic heterocycles. The van der Waals surface area contributed by atoms with E-state index in [1.807, 2.05) is 53.6 Å². The van der Waals surface area contributed by atoms with E-state index in [2.05, 4.69) is 5.32 Å². The van der Waals surface area contributed by atoms with Crippen LogP contribution < -0.4 is 5.32 Å². The molecule has 4 heteroatoms. The standard InChI is InChI=1S/C15H30N2O2/c1-11(17(8)9)12(19)16-15(6,7)14(4,5)13(2,3)10-18/h10-11H,1-9H3,(H,16,19)/i10D. The summed E-state index contributed by atoms with van der Waals surface area (Å²) in [6, 6.07) is -0.250. The summed E-state index contributed by atoms with van der Waals surface area (Å²) in [4.78, 5) is 25.7. The molecule has 0 radical (unpaired) electrons. The first-order valence-electron chi connectivity index (χ1n) is 7.18. The summed E-state index contributed by atoms with van der Waals surface area (Å²) >= 11 is 0. The number of aldehydes is 1. The molecule has 0 aliphatic carbocycles. The smallest absolute Gasteiger partial charge is 0.237 e. The van der Waals surface area contributed by atoms with Crippen molar-refractivity contribution < 1.29 is 11.0 Å². The zero-order chi connectivity index (χ0) is 16.5. The van der Waals surface area contributed by atoms with Gasteiger partial charge in [0.2, 0.25) is 5.91 Å². The summed E-state index contributed by atoms with van der Waals surface area (Å²) in [6.45, 7) is 13.0. The molecule has 4 nitrogen and oxygen atoms in total. The summed E-state index contributed by atoms with van der Waals surface area (Å²) in [5.41, 5.74) is -2.04. The molecule has 1 amide bonds. The molecule has 0 saturated heterocycles. The SMILES string of the molecule is [2H]C(=O)C(C)(C)C(C)(C)C(C)(C)NC(=O)C(C)N(C)C. The molecule has 0 fully saturated rings. The van der Waals surface area contributed by atoms with Gasteiger partial charge in [-0.25, -0.2) is 0 Å². The highest BCUT2D eigenvalue weighted by atomic mass is 16.2. The second kappa shape index (κ2) is 5.61. The van der Waals surface area contributed by atoms with Crippen LogP contribution in [0.4, 0.5) is 0 Å². The van der Waals surface area contributed by atoms with Crippen LogP contribution >= 0.6 is 0 Å². The lowest BCUT2D eigenvalue weighted by Crippen LogP contribution is -2.61. The lowest BCUT2D eigenvalue weighted by molar-refractivity contribution is -0.133. The van der Waals surface area contributed by atoms with E-state index in [-0.39, 0.29) is 11.9 Å². The van der Waals surface area contributed by atoms with Gasteiger partial charge >= 0.3 is 0 Å². The Labute approximate surface area is 119 Å². The monoisotopic (exact) mass is 271 g/mol. The first-order valence-corrected chi connectivity index (χ1v) is 6.68. The Balaban J connectivity index is 5.33. The molecule has 1 N–H and O–H groups in total. The largest absolute Gasteiger partial charge is 0.349 e. The van der Waals surface area contributed by atoms with E-state index in [0.29, 0.717) is 0 Å². The highest BCUT2D eigenvalue weighted by Gasteiger charge is 2.49. The number of hydrogen-bond donors (Lipinski definition) is 1. The van der Waals surface area contributed by atoms with Gasteiger partial charge in [-0.15, -0.1) is 0 Å². The van der Waals surface area contributed by atoms with Crippen molar-refractivity contribution in [3.63, 3.8) is 0 Å². The van der Waals surface area contributed by atoms with Crippen molar-refractivity contribution in [3.05, 3.63) is 0 Å². The molecule has 0 aromatic carbocycles. The van der Waals surface area contributed by atoms with Gasteiger partial charge < -0.3 is 10.1 Å². The number of hydrogen-bond acceptors (Lipinski definition) is 3. The van der Waals surface area contributed by atoms with Gasteiger partial charge in [0.1, 0.15) is 7.63 Å². The van der Waals surface area contributed by atoms with Gasteiger partial charge in [0, 0.05) is 11.0 Å². The van der Waals surface area contributed by atoms with Crippen LogP contribution in [0.1, 0.15) is 49.8 Å². The molecule has 0 aliphatic heterocycles. The summed E-state index contributed by atoms with van der Waals surface area (Å²) in [6.07, 6.45) is -0.620. The Morgan fingerprint density at radius 3 is 1.95 bits per heavy atom. The van der Waals surface area contributed by atoms with Crippen LogP contribution in [0.15, 0.2) is 0 Å². The molecular weight excluding hydrogens is 240 g/mol. The number of amides is 1. The third-order valence-corrected chi connectivity index (χ3v) is 4.97. The van der Waals surface area contributed by atoms with E-state index < -0.39 is 22.6 Å². The molecule has 0 aliphatic rings. The molecule has 0 saturated carbocycles. The molecule has 112 valence electrons. The third-order valence-electron chi connectivity index (χ3n) is 4.97. The topological polar surface area (TPSA) is 49.4 Å². The maximum Gasteiger partial charge on any atom is 0.237 e. The quantitative estimate of drug-likeness (QED) is 0.753. The molecule has 0 rings (SSSR count). The number of carbonyl (C=O) groups is 2. The van der Waals surface area contributed by atoms with E-state index in [1.54, 1.807) is 13.8 Å². The van der Waals surface area contributed by atoms with E-state index in [9.17, 15) is 9.59 Å². The minimum Gasteiger partial charge on any atom is -0.349 e. The van der Waals surface area contributed by atoms with Gasteiger partial charge in [-0.1, -0.05) is 27.7 Å². The van der Waals surface area contributed by atoms with E-state index in [4.69, 9.17) is 1.37 Å². The average Bonchev–Trinajstić information content (AvgIpc) is 2.26. The highest BCUT2D eigenvalue weighted by Crippen LogP contribution is 2.45. The van der Waals surface area contributed by atoms with Crippen LogP contribution in [-0.4, -0.2) is 42.7 Å². The van der Waals surface area contributed by atoms with Crippen LogP contribution in [0.3, 0.4) is 0 Å². The fourth-order valence-electron chi connectivity index (χ4n) is 1.71. The molecule has 0 heterocycles. The van der Waals surface area contributed by atoms with E-state index in [1.165, 1.54) is 0 Å². The van der Waals surface area contributed by atoms with E-state index in [0.717, 1.165) is 0 Å². The second-order valence-electron chi connectivity index (χ2n) is 7.11. The summed E-state index contributed by atoms with van der Waals surface area (Å²) in [7, 11) is 3.69. The zero-order valence-electron chi connectivity index (χ0n) is 14.8. The molecular formula is C15H30N2O2. The Bertz CT molecular complexity index is 387. The predicted molar refractivity (Wildman–Crippen MR) is 79.0 cm³/mol. The Morgan fingerprint density at radius 2 is 1.63 bits per heavy atom. The first kappa shape index (κ1) is 16.2. The van der Waals surface area contributed by atoms with Crippen molar-refractivity contribution in [1.82, 2.24) is 10.2 Å². The number of carbonyl (C=O) groups excluding carboxylic acids is 2. The predicted octanol–water partition coefficient (Wildman–Crippen LogP) is 2.08. The minimum absolute atomic E-state index is 0.0821. The Morgan fingerprint density at radius 1 is 1.21 bits per heavy atom. The fraction of sp³-hybridized carbons (Fsp3) is 0.867. The van der Waals surface area contributed by atoms with Gasteiger partial charge in [0.05, 0.1) is 6.04 Å². The Kier molecular flexibility index (Phi) is 4.77. The summed E-state index contributed by atoms with van der Waals surface area (Å²) in [5.74, 6) is -0.0821. The summed E-state index contributed by atoms with van der Waals surface area (Å²) < 4.78 is 7.49. The van der Waals surface area contributed by atoms with Gasteiger partial charge in [0.25, 0.3) is 0 Å².